The molecule has 2 aromatic rings. The molecule has 3 rings (SSSR count). The first-order valence-electron chi connectivity index (χ1n) is 8.59. The third-order valence-electron chi connectivity index (χ3n) is 4.46. The van der Waals surface area contributed by atoms with Crippen molar-refractivity contribution in [3.63, 3.8) is 0 Å². The van der Waals surface area contributed by atoms with Crippen LogP contribution < -0.4 is 10.2 Å². The first kappa shape index (κ1) is 17.2. The zero-order chi connectivity index (χ0) is 17.9. The molecule has 0 spiro atoms. The van der Waals surface area contributed by atoms with Crippen LogP contribution >= 0.6 is 0 Å². The van der Waals surface area contributed by atoms with Crippen LogP contribution in [0.15, 0.2) is 36.7 Å². The summed E-state index contributed by atoms with van der Waals surface area (Å²) < 4.78 is 0. The fraction of sp³-hybridized carbons (Fsp3) is 0.421. The summed E-state index contributed by atoms with van der Waals surface area (Å²) in [5.74, 6) is 1.65. The van der Waals surface area contributed by atoms with Gasteiger partial charge in [-0.05, 0) is 23.1 Å². The van der Waals surface area contributed by atoms with Gasteiger partial charge in [0, 0.05) is 37.9 Å². The average molecular weight is 339 g/mol. The second-order valence-electron chi connectivity index (χ2n) is 7.34. The van der Waals surface area contributed by atoms with E-state index in [2.05, 4.69) is 65.2 Å². The molecule has 1 aromatic heterocycles. The van der Waals surface area contributed by atoms with Crippen molar-refractivity contribution in [2.45, 2.75) is 26.2 Å². The van der Waals surface area contributed by atoms with Crippen LogP contribution in [-0.4, -0.2) is 47.5 Å². The lowest BCUT2D eigenvalue weighted by Crippen LogP contribution is -2.46. The molecule has 0 radical (unpaired) electrons. The number of rotatable bonds is 4. The van der Waals surface area contributed by atoms with Gasteiger partial charge >= 0.3 is 0 Å². The van der Waals surface area contributed by atoms with Crippen LogP contribution in [0.3, 0.4) is 0 Å². The quantitative estimate of drug-likeness (QED) is 0.868. The second kappa shape index (κ2) is 7.09. The largest absolute Gasteiger partial charge is 0.353 e. The number of anilines is 3. The van der Waals surface area contributed by atoms with Gasteiger partial charge in [0.25, 0.3) is 0 Å². The van der Waals surface area contributed by atoms with E-state index in [-0.39, 0.29) is 5.41 Å². The molecule has 1 aliphatic heterocycles. The molecular formula is C19H25N5O. The van der Waals surface area contributed by atoms with Crippen LogP contribution in [0.25, 0.3) is 0 Å². The Balaban J connectivity index is 1.69. The Bertz CT molecular complexity index is 715. The fourth-order valence-corrected chi connectivity index (χ4v) is 2.85. The van der Waals surface area contributed by atoms with Crippen LogP contribution in [0.4, 0.5) is 17.3 Å². The van der Waals surface area contributed by atoms with E-state index in [1.807, 2.05) is 6.07 Å². The van der Waals surface area contributed by atoms with Crippen molar-refractivity contribution in [1.29, 1.82) is 0 Å². The third-order valence-corrected chi connectivity index (χ3v) is 4.46. The summed E-state index contributed by atoms with van der Waals surface area (Å²) in [6, 6.07) is 10.4. The van der Waals surface area contributed by atoms with E-state index in [1.54, 1.807) is 11.2 Å². The molecule has 1 fully saturated rings. The molecule has 0 unspecified atom stereocenters. The van der Waals surface area contributed by atoms with E-state index in [9.17, 15) is 4.79 Å². The highest BCUT2D eigenvalue weighted by atomic mass is 16.1. The molecule has 6 nitrogen and oxygen atoms in total. The standard InChI is InChI=1S/C19H25N5O/c1-19(2,3)15-4-6-16(7-5-15)22-17-12-18(21-13-20-17)24-10-8-23(14-25)9-11-24/h4-7,12-14H,8-11H2,1-3H3,(H,20,21,22). The highest BCUT2D eigenvalue weighted by Crippen LogP contribution is 2.25. The minimum atomic E-state index is 0.143. The van der Waals surface area contributed by atoms with Gasteiger partial charge in [-0.2, -0.15) is 0 Å². The fourth-order valence-electron chi connectivity index (χ4n) is 2.85. The SMILES string of the molecule is CC(C)(C)c1ccc(Nc2cc(N3CCN(C=O)CC3)ncn2)cc1. The van der Waals surface area contributed by atoms with Gasteiger partial charge in [-0.25, -0.2) is 9.97 Å². The van der Waals surface area contributed by atoms with Gasteiger partial charge in [-0.1, -0.05) is 32.9 Å². The zero-order valence-electron chi connectivity index (χ0n) is 15.1. The molecule has 0 saturated carbocycles. The maximum Gasteiger partial charge on any atom is 0.209 e. The van der Waals surface area contributed by atoms with E-state index in [0.29, 0.717) is 0 Å². The monoisotopic (exact) mass is 339 g/mol. The number of benzene rings is 1. The average Bonchev–Trinajstić information content (AvgIpc) is 2.62. The van der Waals surface area contributed by atoms with Gasteiger partial charge in [0.15, 0.2) is 0 Å². The van der Waals surface area contributed by atoms with Gasteiger partial charge in [0.1, 0.15) is 18.0 Å². The number of piperazine rings is 1. The molecule has 1 aromatic carbocycles. The molecule has 1 saturated heterocycles. The normalized spacial score (nSPS) is 15.2. The number of carbonyl (C=O) groups is 1. The Kier molecular flexibility index (Phi) is 4.88. The minimum absolute atomic E-state index is 0.143. The molecule has 1 aliphatic rings. The van der Waals surface area contributed by atoms with E-state index in [1.165, 1.54) is 5.56 Å². The van der Waals surface area contributed by atoms with E-state index in [4.69, 9.17) is 0 Å². The number of hydrogen-bond donors (Lipinski definition) is 1. The first-order chi connectivity index (χ1) is 12.0. The molecule has 1 amide bonds. The van der Waals surface area contributed by atoms with Crippen LogP contribution in [0.1, 0.15) is 26.3 Å². The van der Waals surface area contributed by atoms with Crippen molar-refractivity contribution < 1.29 is 4.79 Å². The predicted octanol–water partition coefficient (Wildman–Crippen LogP) is 2.80. The Hall–Kier alpha value is -2.63. The Labute approximate surface area is 148 Å². The maximum atomic E-state index is 10.8. The van der Waals surface area contributed by atoms with Crippen LogP contribution in [0.2, 0.25) is 0 Å². The summed E-state index contributed by atoms with van der Waals surface area (Å²) in [6.07, 6.45) is 2.48. The molecular weight excluding hydrogens is 314 g/mol. The summed E-state index contributed by atoms with van der Waals surface area (Å²) in [7, 11) is 0. The van der Waals surface area contributed by atoms with Gasteiger partial charge in [0.05, 0.1) is 0 Å². The molecule has 132 valence electrons. The second-order valence-corrected chi connectivity index (χ2v) is 7.34. The Morgan fingerprint density at radius 2 is 1.72 bits per heavy atom. The zero-order valence-corrected chi connectivity index (χ0v) is 15.1. The van der Waals surface area contributed by atoms with Gasteiger partial charge in [-0.15, -0.1) is 0 Å². The Morgan fingerprint density at radius 3 is 2.32 bits per heavy atom. The number of aromatic nitrogens is 2. The number of hydrogen-bond acceptors (Lipinski definition) is 5. The highest BCUT2D eigenvalue weighted by molar-refractivity contribution is 5.60. The molecule has 25 heavy (non-hydrogen) atoms. The van der Waals surface area contributed by atoms with Crippen molar-refractivity contribution in [2.75, 3.05) is 36.4 Å². The maximum absolute atomic E-state index is 10.8. The van der Waals surface area contributed by atoms with Crippen LogP contribution in [-0.2, 0) is 10.2 Å². The van der Waals surface area contributed by atoms with Gasteiger partial charge < -0.3 is 15.1 Å². The summed E-state index contributed by atoms with van der Waals surface area (Å²) in [6.45, 7) is 9.64. The summed E-state index contributed by atoms with van der Waals surface area (Å²) in [5.41, 5.74) is 2.45. The summed E-state index contributed by atoms with van der Waals surface area (Å²) >= 11 is 0. The summed E-state index contributed by atoms with van der Waals surface area (Å²) in [4.78, 5) is 23.5. The van der Waals surface area contributed by atoms with Gasteiger partial charge in [0.2, 0.25) is 6.41 Å². The van der Waals surface area contributed by atoms with Crippen LogP contribution in [0.5, 0.6) is 0 Å². The summed E-state index contributed by atoms with van der Waals surface area (Å²) in [5, 5.41) is 3.34. The molecule has 0 atom stereocenters. The lowest BCUT2D eigenvalue weighted by Gasteiger charge is -2.33. The minimum Gasteiger partial charge on any atom is -0.353 e. The van der Waals surface area contributed by atoms with E-state index < -0.39 is 0 Å². The predicted molar refractivity (Wildman–Crippen MR) is 100 cm³/mol. The number of nitrogens with one attached hydrogen (secondary N) is 1. The molecule has 1 N–H and O–H groups in total. The number of carbonyl (C=O) groups excluding carboxylic acids is 1. The smallest absolute Gasteiger partial charge is 0.209 e. The topological polar surface area (TPSA) is 61.4 Å². The molecule has 2 heterocycles. The highest BCUT2D eigenvalue weighted by Gasteiger charge is 2.17. The van der Waals surface area contributed by atoms with Crippen molar-refractivity contribution in [2.24, 2.45) is 0 Å². The number of amides is 1. The lowest BCUT2D eigenvalue weighted by molar-refractivity contribution is -0.118. The van der Waals surface area contributed by atoms with Crippen molar-refractivity contribution in [1.82, 2.24) is 14.9 Å². The van der Waals surface area contributed by atoms with Crippen molar-refractivity contribution >= 4 is 23.7 Å². The van der Waals surface area contributed by atoms with Crippen molar-refractivity contribution in [3.8, 4) is 0 Å². The molecule has 6 heteroatoms. The number of nitrogens with zero attached hydrogens (tertiary/aromatic N) is 4. The first-order valence-corrected chi connectivity index (χ1v) is 8.59. The Morgan fingerprint density at radius 1 is 1.04 bits per heavy atom. The third kappa shape index (κ3) is 4.26. The van der Waals surface area contributed by atoms with Gasteiger partial charge in [-0.3, -0.25) is 4.79 Å². The molecule has 0 aliphatic carbocycles. The van der Waals surface area contributed by atoms with E-state index >= 15 is 0 Å². The molecule has 0 bridgehead atoms. The lowest BCUT2D eigenvalue weighted by atomic mass is 9.87. The van der Waals surface area contributed by atoms with Crippen LogP contribution in [0, 0.1) is 0 Å². The van der Waals surface area contributed by atoms with E-state index in [0.717, 1.165) is 49.9 Å². The van der Waals surface area contributed by atoms with Crippen molar-refractivity contribution in [3.05, 3.63) is 42.2 Å².